The molecule has 0 radical (unpaired) electrons. The first kappa shape index (κ1) is 21.1. The first-order valence-corrected chi connectivity index (χ1v) is 9.77. The van der Waals surface area contributed by atoms with E-state index in [1.165, 1.54) is 13.1 Å². The molecule has 3 aromatic rings. The standard InChI is InChI=1S/C23H26N6O/c1-14-6-4-9-23(27-14)29-22-11-17(21-8-5-7-20(28-21)15(2)25)10-18(19(22)12-24)13-26-16(3)30/h4-12,15,24H,13,25H2,1-3H3,(H,26,30)(H,27,29)/p+1. The summed E-state index contributed by atoms with van der Waals surface area (Å²) in [5, 5.41) is 12.2. The molecule has 7 nitrogen and oxygen atoms in total. The van der Waals surface area contributed by atoms with Gasteiger partial charge in [-0.3, -0.25) is 15.2 Å². The van der Waals surface area contributed by atoms with Crippen molar-refractivity contribution in [1.29, 1.82) is 0 Å². The minimum Gasteiger partial charge on any atom is -0.352 e. The third kappa shape index (κ3) is 5.07. The Labute approximate surface area is 176 Å². The van der Waals surface area contributed by atoms with E-state index in [0.29, 0.717) is 12.4 Å². The number of nitrogens with two attached hydrogens (primary N) is 2. The van der Waals surface area contributed by atoms with Crippen LogP contribution in [0.4, 0.5) is 11.5 Å². The molecule has 30 heavy (non-hydrogen) atoms. The number of hydrogen-bond acceptors (Lipinski definition) is 5. The van der Waals surface area contributed by atoms with Crippen molar-refractivity contribution in [2.75, 3.05) is 5.32 Å². The average Bonchev–Trinajstić information content (AvgIpc) is 2.72. The van der Waals surface area contributed by atoms with Crippen molar-refractivity contribution in [2.24, 2.45) is 5.73 Å². The molecule has 7 heteroatoms. The lowest BCUT2D eigenvalue weighted by Gasteiger charge is -2.16. The molecule has 0 saturated heterocycles. The first-order chi connectivity index (χ1) is 14.4. The fourth-order valence-corrected chi connectivity index (χ4v) is 3.14. The van der Waals surface area contributed by atoms with Crippen LogP contribution < -0.4 is 21.8 Å². The van der Waals surface area contributed by atoms with Gasteiger partial charge in [-0.15, -0.1) is 0 Å². The number of amides is 1. The summed E-state index contributed by atoms with van der Waals surface area (Å²) in [5.41, 5.74) is 11.8. The molecule has 2 aromatic heterocycles. The second-order valence-corrected chi connectivity index (χ2v) is 7.20. The van der Waals surface area contributed by atoms with E-state index in [9.17, 15) is 4.79 Å². The third-order valence-corrected chi connectivity index (χ3v) is 4.64. The number of nitrogens with zero attached hydrogens (tertiary/aromatic N) is 2. The van der Waals surface area contributed by atoms with Gasteiger partial charge in [-0.1, -0.05) is 12.1 Å². The zero-order valence-corrected chi connectivity index (χ0v) is 17.4. The van der Waals surface area contributed by atoms with Crippen LogP contribution in [-0.2, 0) is 11.3 Å². The van der Waals surface area contributed by atoms with Crippen molar-refractivity contribution < 1.29 is 10.2 Å². The molecule has 1 unspecified atom stereocenters. The second kappa shape index (κ2) is 9.28. The van der Waals surface area contributed by atoms with Gasteiger partial charge in [0, 0.05) is 30.8 Å². The summed E-state index contributed by atoms with van der Waals surface area (Å²) in [7, 11) is 0. The van der Waals surface area contributed by atoms with Gasteiger partial charge in [-0.25, -0.2) is 4.98 Å². The molecular formula is C23H27N6O+. The van der Waals surface area contributed by atoms with Crippen molar-refractivity contribution in [3.63, 3.8) is 0 Å². The zero-order chi connectivity index (χ0) is 21.7. The summed E-state index contributed by atoms with van der Waals surface area (Å²) in [4.78, 5) is 20.7. The van der Waals surface area contributed by atoms with Crippen LogP contribution in [-0.4, -0.2) is 22.1 Å². The van der Waals surface area contributed by atoms with E-state index in [2.05, 4.69) is 15.6 Å². The maximum Gasteiger partial charge on any atom is 0.217 e. The normalized spacial score (nSPS) is 11.6. The van der Waals surface area contributed by atoms with Gasteiger partial charge in [-0.2, -0.15) is 0 Å². The average molecular weight is 404 g/mol. The van der Waals surface area contributed by atoms with Crippen LogP contribution in [0.5, 0.6) is 0 Å². The Kier molecular flexibility index (Phi) is 6.54. The highest BCUT2D eigenvalue weighted by atomic mass is 16.1. The fraction of sp³-hybridized carbons (Fsp3) is 0.217. The summed E-state index contributed by atoms with van der Waals surface area (Å²) in [6, 6.07) is 15.3. The number of pyridine rings is 2. The van der Waals surface area contributed by atoms with E-state index in [0.717, 1.165) is 39.5 Å². The Morgan fingerprint density at radius 3 is 2.63 bits per heavy atom. The van der Waals surface area contributed by atoms with E-state index < -0.39 is 0 Å². The molecule has 2 heterocycles. The van der Waals surface area contributed by atoms with Crippen LogP contribution in [0, 0.1) is 6.92 Å². The summed E-state index contributed by atoms with van der Waals surface area (Å²) < 4.78 is 0. The van der Waals surface area contributed by atoms with E-state index >= 15 is 0 Å². The molecule has 0 aliphatic rings. The van der Waals surface area contributed by atoms with E-state index in [1.54, 1.807) is 0 Å². The monoisotopic (exact) mass is 403 g/mol. The lowest BCUT2D eigenvalue weighted by Crippen LogP contribution is -2.31. The number of carbonyl (C=O) groups excluding carboxylic acids is 1. The van der Waals surface area contributed by atoms with Crippen LogP contribution >= 0.6 is 0 Å². The molecular weight excluding hydrogens is 376 g/mol. The molecule has 0 aliphatic heterocycles. The summed E-state index contributed by atoms with van der Waals surface area (Å²) in [6.07, 6.45) is 1.53. The largest absolute Gasteiger partial charge is 0.352 e. The summed E-state index contributed by atoms with van der Waals surface area (Å²) in [5.74, 6) is 0.591. The number of hydrogen-bond donors (Lipinski definition) is 4. The van der Waals surface area contributed by atoms with E-state index in [-0.39, 0.29) is 11.9 Å². The van der Waals surface area contributed by atoms with E-state index in [1.807, 2.05) is 62.4 Å². The van der Waals surface area contributed by atoms with Crippen molar-refractivity contribution in [1.82, 2.24) is 15.3 Å². The van der Waals surface area contributed by atoms with Crippen LogP contribution in [0.25, 0.3) is 11.3 Å². The zero-order valence-electron chi connectivity index (χ0n) is 17.4. The topological polar surface area (TPSA) is 119 Å². The van der Waals surface area contributed by atoms with Crippen LogP contribution in [0.15, 0.2) is 48.5 Å². The second-order valence-electron chi connectivity index (χ2n) is 7.20. The van der Waals surface area contributed by atoms with Gasteiger partial charge in [0.05, 0.1) is 22.6 Å². The van der Waals surface area contributed by atoms with E-state index in [4.69, 9.17) is 16.1 Å². The van der Waals surface area contributed by atoms with Crippen LogP contribution in [0.2, 0.25) is 0 Å². The van der Waals surface area contributed by atoms with Crippen molar-refractivity contribution in [2.45, 2.75) is 33.4 Å². The fourth-order valence-electron chi connectivity index (χ4n) is 3.14. The predicted molar refractivity (Wildman–Crippen MR) is 119 cm³/mol. The summed E-state index contributed by atoms with van der Waals surface area (Å²) >= 11 is 0. The number of rotatable bonds is 7. The number of nitrogens with one attached hydrogen (secondary N) is 2. The molecule has 154 valence electrons. The first-order valence-electron chi connectivity index (χ1n) is 9.77. The van der Waals surface area contributed by atoms with Gasteiger partial charge in [-0.05, 0) is 55.8 Å². The number of aryl methyl sites for hydroxylation is 1. The molecule has 0 spiro atoms. The Bertz CT molecular complexity index is 1080. The number of benzene rings is 1. The molecule has 1 atom stereocenters. The van der Waals surface area contributed by atoms with Crippen molar-refractivity contribution in [3.8, 4) is 11.3 Å². The number of anilines is 2. The van der Waals surface area contributed by atoms with Crippen molar-refractivity contribution >= 4 is 23.6 Å². The highest BCUT2D eigenvalue weighted by molar-refractivity contribution is 5.90. The Morgan fingerprint density at radius 2 is 1.97 bits per heavy atom. The van der Waals surface area contributed by atoms with Gasteiger partial charge in [0.2, 0.25) is 5.91 Å². The highest BCUT2D eigenvalue weighted by Gasteiger charge is 2.15. The molecule has 0 aliphatic carbocycles. The number of aromatic nitrogens is 2. The SMILES string of the molecule is CC(=O)NCc1cc(-c2cccc(C(C)N)n2)cc(Nc2cccc(C)n2)c1C=[NH2+]. The van der Waals surface area contributed by atoms with Gasteiger partial charge in [0.1, 0.15) is 5.82 Å². The minimum atomic E-state index is -0.172. The Hall–Kier alpha value is -3.58. The quantitative estimate of drug-likeness (QED) is 0.450. The highest BCUT2D eigenvalue weighted by Crippen LogP contribution is 2.29. The molecule has 3 rings (SSSR count). The summed E-state index contributed by atoms with van der Waals surface area (Å²) in [6.45, 7) is 5.66. The molecule has 0 bridgehead atoms. The Morgan fingerprint density at radius 1 is 1.20 bits per heavy atom. The third-order valence-electron chi connectivity index (χ3n) is 4.64. The van der Waals surface area contributed by atoms with Crippen LogP contribution in [0.3, 0.4) is 0 Å². The van der Waals surface area contributed by atoms with Crippen molar-refractivity contribution in [3.05, 3.63) is 71.0 Å². The molecule has 0 fully saturated rings. The lowest BCUT2D eigenvalue weighted by atomic mass is 9.99. The lowest BCUT2D eigenvalue weighted by molar-refractivity contribution is -0.119. The molecule has 0 saturated carbocycles. The smallest absolute Gasteiger partial charge is 0.217 e. The predicted octanol–water partition coefficient (Wildman–Crippen LogP) is 2.03. The van der Waals surface area contributed by atoms with Crippen LogP contribution in [0.1, 0.15) is 42.4 Å². The van der Waals surface area contributed by atoms with Gasteiger partial charge < -0.3 is 16.4 Å². The van der Waals surface area contributed by atoms with Gasteiger partial charge in [0.15, 0.2) is 6.21 Å². The molecule has 6 N–H and O–H groups in total. The minimum absolute atomic E-state index is 0.115. The molecule has 1 amide bonds. The Balaban J connectivity index is 2.12. The maximum absolute atomic E-state index is 11.5. The van der Waals surface area contributed by atoms with Gasteiger partial charge in [0.25, 0.3) is 0 Å². The maximum atomic E-state index is 11.5. The number of carbonyl (C=O) groups is 1. The molecule has 1 aromatic carbocycles. The van der Waals surface area contributed by atoms with Gasteiger partial charge >= 0.3 is 0 Å².